The molecule has 2 atom stereocenters. The lowest BCUT2D eigenvalue weighted by atomic mass is 10.0. The van der Waals surface area contributed by atoms with Gasteiger partial charge in [-0.3, -0.25) is 9.67 Å². The highest BCUT2D eigenvalue weighted by Gasteiger charge is 2.23. The first-order valence-electron chi connectivity index (χ1n) is 11.5. The first kappa shape index (κ1) is 26.4. The first-order valence-corrected chi connectivity index (χ1v) is 11.5. The lowest BCUT2D eigenvalue weighted by molar-refractivity contribution is 0.356. The van der Waals surface area contributed by atoms with Crippen LogP contribution in [0.25, 0.3) is 0 Å². The van der Waals surface area contributed by atoms with Crippen molar-refractivity contribution in [2.24, 2.45) is 12.0 Å². The number of rotatable bonds is 8. The van der Waals surface area contributed by atoms with Crippen molar-refractivity contribution in [2.75, 3.05) is 31.1 Å². The Balaban J connectivity index is 0.00000363. The van der Waals surface area contributed by atoms with Crippen LogP contribution in [-0.2, 0) is 7.05 Å². The molecule has 0 radical (unpaired) electrons. The van der Waals surface area contributed by atoms with Gasteiger partial charge in [-0.25, -0.2) is 0 Å². The number of benzene rings is 1. The van der Waals surface area contributed by atoms with Crippen LogP contribution in [0.2, 0.25) is 0 Å². The van der Waals surface area contributed by atoms with Gasteiger partial charge >= 0.3 is 0 Å². The molecule has 2 heterocycles. The van der Waals surface area contributed by atoms with Crippen LogP contribution in [-0.4, -0.2) is 53.5 Å². The molecule has 32 heavy (non-hydrogen) atoms. The summed E-state index contributed by atoms with van der Waals surface area (Å²) in [5, 5.41) is 15.1. The number of guanidine groups is 1. The van der Waals surface area contributed by atoms with Crippen LogP contribution in [0.4, 0.5) is 5.69 Å². The Morgan fingerprint density at radius 3 is 2.69 bits per heavy atom. The maximum Gasteiger partial charge on any atom is 0.191 e. The van der Waals surface area contributed by atoms with E-state index in [9.17, 15) is 0 Å². The molecule has 7 nitrogen and oxygen atoms in total. The maximum atomic E-state index is 4.92. The van der Waals surface area contributed by atoms with Gasteiger partial charge in [-0.05, 0) is 46.1 Å². The number of aryl methyl sites for hydroxylation is 1. The van der Waals surface area contributed by atoms with E-state index >= 15 is 0 Å². The Morgan fingerprint density at radius 1 is 1.28 bits per heavy atom. The van der Waals surface area contributed by atoms with Gasteiger partial charge in [-0.15, -0.1) is 24.0 Å². The molecule has 3 rings (SSSR count). The molecule has 0 saturated carbocycles. The van der Waals surface area contributed by atoms with E-state index in [0.29, 0.717) is 12.6 Å². The molecule has 2 unspecified atom stereocenters. The predicted octanol–water partition coefficient (Wildman–Crippen LogP) is 3.69. The first-order chi connectivity index (χ1) is 14.9. The summed E-state index contributed by atoms with van der Waals surface area (Å²) in [5.41, 5.74) is 2.37. The molecular weight excluding hydrogens is 513 g/mol. The highest BCUT2D eigenvalue weighted by atomic mass is 127. The number of nitrogens with one attached hydrogen (secondary N) is 3. The quantitative estimate of drug-likeness (QED) is 0.265. The van der Waals surface area contributed by atoms with Crippen molar-refractivity contribution in [1.29, 1.82) is 0 Å². The van der Waals surface area contributed by atoms with E-state index in [2.05, 4.69) is 90.2 Å². The predicted molar refractivity (Wildman–Crippen MR) is 145 cm³/mol. The smallest absolute Gasteiger partial charge is 0.191 e. The van der Waals surface area contributed by atoms with Gasteiger partial charge in [0, 0.05) is 50.5 Å². The average Bonchev–Trinajstić information content (AvgIpc) is 3.19. The molecule has 1 aromatic heterocycles. The van der Waals surface area contributed by atoms with Crippen LogP contribution in [0, 0.1) is 0 Å². The molecule has 1 aliphatic heterocycles. The number of piperidine rings is 1. The molecule has 0 spiro atoms. The number of hydrogen-bond acceptors (Lipinski definition) is 4. The number of nitrogens with zero attached hydrogens (tertiary/aromatic N) is 4. The zero-order valence-corrected chi connectivity index (χ0v) is 22.5. The van der Waals surface area contributed by atoms with Crippen LogP contribution in [0.15, 0.2) is 47.7 Å². The van der Waals surface area contributed by atoms with Gasteiger partial charge in [-0.2, -0.15) is 5.10 Å². The summed E-state index contributed by atoms with van der Waals surface area (Å²) in [6, 6.07) is 11.2. The van der Waals surface area contributed by atoms with E-state index < -0.39 is 0 Å². The monoisotopic (exact) mass is 553 g/mol. The topological polar surface area (TPSA) is 69.5 Å². The Morgan fingerprint density at radius 2 is 2.03 bits per heavy atom. The van der Waals surface area contributed by atoms with E-state index in [1.807, 2.05) is 17.9 Å². The lowest BCUT2D eigenvalue weighted by Gasteiger charge is -2.35. The van der Waals surface area contributed by atoms with Gasteiger partial charge in [0.05, 0.1) is 18.4 Å². The van der Waals surface area contributed by atoms with Crippen molar-refractivity contribution in [1.82, 2.24) is 25.7 Å². The number of anilines is 1. The van der Waals surface area contributed by atoms with Crippen LogP contribution < -0.4 is 20.9 Å². The molecule has 1 aliphatic rings. The van der Waals surface area contributed by atoms with Gasteiger partial charge in [0.1, 0.15) is 0 Å². The molecular formula is C24H40IN7. The van der Waals surface area contributed by atoms with Gasteiger partial charge in [0.25, 0.3) is 0 Å². The fraction of sp³-hybridized carbons (Fsp3) is 0.583. The van der Waals surface area contributed by atoms with E-state index in [1.54, 1.807) is 0 Å². The van der Waals surface area contributed by atoms with Crippen molar-refractivity contribution < 1.29 is 0 Å². The minimum atomic E-state index is -0.119. The zero-order valence-electron chi connectivity index (χ0n) is 20.1. The Labute approximate surface area is 210 Å². The summed E-state index contributed by atoms with van der Waals surface area (Å²) in [7, 11) is 1.97. The highest BCUT2D eigenvalue weighted by Crippen LogP contribution is 2.19. The second kappa shape index (κ2) is 12.4. The lowest BCUT2D eigenvalue weighted by Crippen LogP contribution is -2.52. The van der Waals surface area contributed by atoms with Crippen LogP contribution >= 0.6 is 24.0 Å². The van der Waals surface area contributed by atoms with Crippen LogP contribution in [0.3, 0.4) is 0 Å². The summed E-state index contributed by atoms with van der Waals surface area (Å²) in [6.45, 7) is 12.3. The highest BCUT2D eigenvalue weighted by molar-refractivity contribution is 14.0. The zero-order chi connectivity index (χ0) is 22.3. The molecule has 178 valence electrons. The SMILES string of the molecule is CCNC(=NCC(C)(C)NC(C)c1ccccc1)NC1CCCN(c2cnn(C)c2)C1.I. The van der Waals surface area contributed by atoms with Gasteiger partial charge in [-0.1, -0.05) is 30.3 Å². The van der Waals surface area contributed by atoms with Crippen molar-refractivity contribution in [2.45, 2.75) is 58.2 Å². The Hall–Kier alpha value is -1.81. The number of aliphatic imine (C=N–C) groups is 1. The second-order valence-corrected chi connectivity index (χ2v) is 9.16. The number of hydrogen-bond donors (Lipinski definition) is 3. The molecule has 1 aromatic carbocycles. The summed E-state index contributed by atoms with van der Waals surface area (Å²) in [4.78, 5) is 7.33. The molecule has 0 bridgehead atoms. The summed E-state index contributed by atoms with van der Waals surface area (Å²) in [6.07, 6.45) is 6.34. The largest absolute Gasteiger partial charge is 0.367 e. The second-order valence-electron chi connectivity index (χ2n) is 9.16. The average molecular weight is 554 g/mol. The maximum absolute atomic E-state index is 4.92. The standard InChI is InChI=1S/C24H39N7.HI/c1-6-25-23(26-18-24(3,4)29-19(2)20-11-8-7-9-12-20)28-21-13-10-14-31(16-21)22-15-27-30(5)17-22;/h7-9,11-12,15,17,19,21,29H,6,10,13-14,16,18H2,1-5H3,(H2,25,26,28);1H. The van der Waals surface area contributed by atoms with Crippen molar-refractivity contribution in [3.8, 4) is 0 Å². The van der Waals surface area contributed by atoms with Crippen molar-refractivity contribution in [3.63, 3.8) is 0 Å². The number of halogens is 1. The Bertz CT molecular complexity index is 834. The normalized spacial score (nSPS) is 18.1. The Kier molecular flexibility index (Phi) is 10.3. The third kappa shape index (κ3) is 7.95. The van der Waals surface area contributed by atoms with E-state index in [0.717, 1.165) is 38.4 Å². The van der Waals surface area contributed by atoms with Crippen molar-refractivity contribution in [3.05, 3.63) is 48.3 Å². The third-order valence-corrected chi connectivity index (χ3v) is 5.70. The van der Waals surface area contributed by atoms with E-state index in [-0.39, 0.29) is 35.6 Å². The molecule has 3 N–H and O–H groups in total. The number of aromatic nitrogens is 2. The third-order valence-electron chi connectivity index (χ3n) is 5.70. The molecule has 0 aliphatic carbocycles. The summed E-state index contributed by atoms with van der Waals surface area (Å²) in [5.74, 6) is 0.891. The summed E-state index contributed by atoms with van der Waals surface area (Å²) < 4.78 is 1.86. The molecule has 0 amide bonds. The molecule has 2 aromatic rings. The van der Waals surface area contributed by atoms with Gasteiger partial charge < -0.3 is 20.9 Å². The fourth-order valence-corrected chi connectivity index (χ4v) is 4.15. The van der Waals surface area contributed by atoms with Crippen LogP contribution in [0.5, 0.6) is 0 Å². The molecule has 8 heteroatoms. The van der Waals surface area contributed by atoms with Gasteiger partial charge in [0.2, 0.25) is 0 Å². The van der Waals surface area contributed by atoms with E-state index in [1.165, 1.54) is 11.3 Å². The van der Waals surface area contributed by atoms with E-state index in [4.69, 9.17) is 4.99 Å². The minimum Gasteiger partial charge on any atom is -0.367 e. The van der Waals surface area contributed by atoms with Gasteiger partial charge in [0.15, 0.2) is 5.96 Å². The molecule has 1 saturated heterocycles. The van der Waals surface area contributed by atoms with Crippen LogP contribution in [0.1, 0.15) is 52.1 Å². The fourth-order valence-electron chi connectivity index (χ4n) is 4.15. The summed E-state index contributed by atoms with van der Waals surface area (Å²) >= 11 is 0. The minimum absolute atomic E-state index is 0. The molecule has 1 fully saturated rings. The van der Waals surface area contributed by atoms with Crippen molar-refractivity contribution >= 4 is 35.6 Å².